The smallest absolute Gasteiger partial charge is 0.258 e. The van der Waals surface area contributed by atoms with Gasteiger partial charge in [0.2, 0.25) is 0 Å². The highest BCUT2D eigenvalue weighted by molar-refractivity contribution is 7.98. The Morgan fingerprint density at radius 1 is 1.27 bits per heavy atom. The van der Waals surface area contributed by atoms with Gasteiger partial charge >= 0.3 is 0 Å². The first-order valence-electron chi connectivity index (χ1n) is 8.87. The summed E-state index contributed by atoms with van der Waals surface area (Å²) in [6.45, 7) is 3.53. The third-order valence-electron chi connectivity index (χ3n) is 4.12. The molecule has 9 nitrogen and oxygen atoms in total. The van der Waals surface area contributed by atoms with Gasteiger partial charge in [-0.2, -0.15) is 4.68 Å². The SMILES string of the molecule is Cc1cc(CSc2ncccc2C(=O)Nc2cc(-n3nnnc3C)ccc2F)no1. The fraction of sp³-hybridized carbons (Fsp3) is 0.158. The molecule has 3 aromatic heterocycles. The van der Waals surface area contributed by atoms with Crippen LogP contribution in [0.15, 0.2) is 52.1 Å². The highest BCUT2D eigenvalue weighted by atomic mass is 32.2. The number of hydrogen-bond donors (Lipinski definition) is 1. The maximum atomic E-state index is 14.3. The van der Waals surface area contributed by atoms with Crippen LogP contribution in [0.1, 0.15) is 27.6 Å². The number of aryl methyl sites for hydroxylation is 2. The Bertz CT molecular complexity index is 1210. The summed E-state index contributed by atoms with van der Waals surface area (Å²) in [6.07, 6.45) is 1.59. The van der Waals surface area contributed by atoms with Crippen LogP contribution in [0, 0.1) is 19.7 Å². The summed E-state index contributed by atoms with van der Waals surface area (Å²) in [5.74, 6) is 0.669. The Morgan fingerprint density at radius 2 is 2.13 bits per heavy atom. The first kappa shape index (κ1) is 19.7. The minimum absolute atomic E-state index is 0.0133. The van der Waals surface area contributed by atoms with E-state index in [2.05, 4.69) is 31.0 Å². The van der Waals surface area contributed by atoms with Gasteiger partial charge in [-0.1, -0.05) is 16.9 Å². The zero-order valence-corrected chi connectivity index (χ0v) is 16.9. The number of pyridine rings is 1. The summed E-state index contributed by atoms with van der Waals surface area (Å²) >= 11 is 1.34. The summed E-state index contributed by atoms with van der Waals surface area (Å²) in [5.41, 5.74) is 1.60. The number of rotatable bonds is 6. The minimum Gasteiger partial charge on any atom is -0.361 e. The molecular weight excluding hydrogens is 409 g/mol. The number of carbonyl (C=O) groups is 1. The summed E-state index contributed by atoms with van der Waals surface area (Å²) in [4.78, 5) is 17.1. The number of nitrogens with zero attached hydrogens (tertiary/aromatic N) is 6. The van der Waals surface area contributed by atoms with Crippen LogP contribution in [0.4, 0.5) is 10.1 Å². The minimum atomic E-state index is -0.575. The number of halogens is 1. The molecule has 11 heteroatoms. The first-order valence-corrected chi connectivity index (χ1v) is 9.86. The van der Waals surface area contributed by atoms with E-state index >= 15 is 0 Å². The van der Waals surface area contributed by atoms with Crippen LogP contribution in [0.25, 0.3) is 5.69 Å². The molecule has 0 saturated carbocycles. The second-order valence-corrected chi connectivity index (χ2v) is 7.29. The van der Waals surface area contributed by atoms with Gasteiger partial charge in [0, 0.05) is 18.0 Å². The third kappa shape index (κ3) is 4.20. The molecule has 0 aliphatic rings. The van der Waals surface area contributed by atoms with Crippen molar-refractivity contribution in [1.29, 1.82) is 0 Å². The molecule has 4 aromatic rings. The molecule has 3 heterocycles. The fourth-order valence-corrected chi connectivity index (χ4v) is 3.58. The fourth-order valence-electron chi connectivity index (χ4n) is 2.71. The molecule has 0 radical (unpaired) electrons. The van der Waals surface area contributed by atoms with Gasteiger partial charge < -0.3 is 9.84 Å². The van der Waals surface area contributed by atoms with Crippen molar-refractivity contribution in [3.05, 3.63) is 71.3 Å². The van der Waals surface area contributed by atoms with Gasteiger partial charge in [-0.3, -0.25) is 4.79 Å². The molecule has 0 unspecified atom stereocenters. The molecule has 0 aliphatic heterocycles. The molecule has 1 N–H and O–H groups in total. The summed E-state index contributed by atoms with van der Waals surface area (Å²) in [7, 11) is 0. The van der Waals surface area contributed by atoms with Crippen molar-refractivity contribution in [3.8, 4) is 5.69 Å². The first-order chi connectivity index (χ1) is 14.5. The van der Waals surface area contributed by atoms with Crippen LogP contribution in [-0.4, -0.2) is 36.3 Å². The lowest BCUT2D eigenvalue weighted by molar-refractivity contribution is 0.102. The summed E-state index contributed by atoms with van der Waals surface area (Å²) in [6, 6.07) is 9.34. The van der Waals surface area contributed by atoms with Crippen molar-refractivity contribution in [2.45, 2.75) is 24.6 Å². The van der Waals surface area contributed by atoms with Crippen LogP contribution >= 0.6 is 11.8 Å². The molecule has 0 bridgehead atoms. The predicted octanol–water partition coefficient (Wildman–Crippen LogP) is 3.35. The van der Waals surface area contributed by atoms with E-state index in [9.17, 15) is 9.18 Å². The highest BCUT2D eigenvalue weighted by Crippen LogP contribution is 2.26. The van der Waals surface area contributed by atoms with E-state index in [1.807, 2.05) is 6.07 Å². The van der Waals surface area contributed by atoms with Crippen LogP contribution < -0.4 is 5.32 Å². The van der Waals surface area contributed by atoms with Crippen LogP contribution in [0.3, 0.4) is 0 Å². The number of carbonyl (C=O) groups excluding carboxylic acids is 1. The largest absolute Gasteiger partial charge is 0.361 e. The Morgan fingerprint density at radius 3 is 2.87 bits per heavy atom. The van der Waals surface area contributed by atoms with E-state index in [0.717, 1.165) is 5.69 Å². The second kappa shape index (κ2) is 8.41. The molecule has 1 aromatic carbocycles. The maximum Gasteiger partial charge on any atom is 0.258 e. The average Bonchev–Trinajstić information content (AvgIpc) is 3.36. The van der Waals surface area contributed by atoms with Crippen molar-refractivity contribution < 1.29 is 13.7 Å². The Hall–Kier alpha value is -3.60. The van der Waals surface area contributed by atoms with Crippen LogP contribution in [0.5, 0.6) is 0 Å². The van der Waals surface area contributed by atoms with Gasteiger partial charge in [-0.05, 0) is 54.6 Å². The quantitative estimate of drug-likeness (QED) is 0.468. The molecule has 0 aliphatic carbocycles. The van der Waals surface area contributed by atoms with Crippen LogP contribution in [-0.2, 0) is 5.75 Å². The summed E-state index contributed by atoms with van der Waals surface area (Å²) in [5, 5.41) is 18.3. The Kier molecular flexibility index (Phi) is 5.53. The second-order valence-electron chi connectivity index (χ2n) is 6.33. The topological polar surface area (TPSA) is 112 Å². The predicted molar refractivity (Wildman–Crippen MR) is 107 cm³/mol. The molecule has 1 amide bonds. The van der Waals surface area contributed by atoms with Crippen molar-refractivity contribution in [1.82, 2.24) is 30.3 Å². The van der Waals surface area contributed by atoms with E-state index in [1.54, 1.807) is 32.2 Å². The van der Waals surface area contributed by atoms with Crippen molar-refractivity contribution in [2.24, 2.45) is 0 Å². The summed E-state index contributed by atoms with van der Waals surface area (Å²) < 4.78 is 20.8. The maximum absolute atomic E-state index is 14.3. The lowest BCUT2D eigenvalue weighted by atomic mass is 10.2. The molecule has 0 spiro atoms. The highest BCUT2D eigenvalue weighted by Gasteiger charge is 2.16. The van der Waals surface area contributed by atoms with Crippen molar-refractivity contribution in [2.75, 3.05) is 5.32 Å². The molecule has 30 heavy (non-hydrogen) atoms. The van der Waals surface area contributed by atoms with Gasteiger partial charge in [0.1, 0.15) is 16.6 Å². The van der Waals surface area contributed by atoms with E-state index in [-0.39, 0.29) is 5.69 Å². The third-order valence-corrected chi connectivity index (χ3v) is 5.16. The number of aromatic nitrogens is 6. The standard InChI is InChI=1S/C19H16FN7O2S/c1-11-8-13(24-29-11)10-30-19-15(4-3-7-21-19)18(28)22-17-9-14(5-6-16(17)20)27-12(2)23-25-26-27/h3-9H,10H2,1-2H3,(H,22,28). The van der Waals surface area contributed by atoms with Gasteiger partial charge in [-0.25, -0.2) is 9.37 Å². The molecule has 4 rings (SSSR count). The lowest BCUT2D eigenvalue weighted by Crippen LogP contribution is -2.15. The Labute approximate surface area is 174 Å². The molecule has 0 atom stereocenters. The van der Waals surface area contributed by atoms with Gasteiger partial charge in [-0.15, -0.1) is 5.10 Å². The van der Waals surface area contributed by atoms with Gasteiger partial charge in [0.15, 0.2) is 5.82 Å². The van der Waals surface area contributed by atoms with E-state index < -0.39 is 11.7 Å². The average molecular weight is 425 g/mol. The number of thioether (sulfide) groups is 1. The van der Waals surface area contributed by atoms with Gasteiger partial charge in [0.25, 0.3) is 5.91 Å². The van der Waals surface area contributed by atoms with Crippen molar-refractivity contribution >= 4 is 23.4 Å². The number of hydrogen-bond acceptors (Lipinski definition) is 8. The van der Waals surface area contributed by atoms with E-state index in [0.29, 0.717) is 33.6 Å². The number of tetrazole rings is 1. The number of anilines is 1. The molecule has 0 saturated heterocycles. The van der Waals surface area contributed by atoms with Gasteiger partial charge in [0.05, 0.1) is 22.6 Å². The number of amides is 1. The van der Waals surface area contributed by atoms with E-state index in [4.69, 9.17) is 4.52 Å². The van der Waals surface area contributed by atoms with Crippen molar-refractivity contribution in [3.63, 3.8) is 0 Å². The lowest BCUT2D eigenvalue weighted by Gasteiger charge is -2.11. The molecule has 0 fully saturated rings. The van der Waals surface area contributed by atoms with E-state index in [1.165, 1.54) is 34.6 Å². The number of nitrogens with one attached hydrogen (secondary N) is 1. The Balaban J connectivity index is 1.55. The normalized spacial score (nSPS) is 10.9. The van der Waals surface area contributed by atoms with Crippen LogP contribution in [0.2, 0.25) is 0 Å². The molecular formula is C19H16FN7O2S. The number of benzene rings is 1. The zero-order chi connectivity index (χ0) is 21.1. The monoisotopic (exact) mass is 425 g/mol. The zero-order valence-electron chi connectivity index (χ0n) is 16.0. The molecule has 152 valence electrons.